The van der Waals surface area contributed by atoms with Gasteiger partial charge in [0.25, 0.3) is 0 Å². The topological polar surface area (TPSA) is 46.5 Å². The number of aliphatic hydroxyl groups excluding tert-OH is 1. The lowest BCUT2D eigenvalue weighted by atomic mass is 10.2. The van der Waals surface area contributed by atoms with Crippen molar-refractivity contribution in [2.24, 2.45) is 0 Å². The minimum atomic E-state index is -0.0989. The average Bonchev–Trinajstić information content (AvgIpc) is 2.83. The van der Waals surface area contributed by atoms with Crippen LogP contribution in [0.25, 0.3) is 0 Å². The van der Waals surface area contributed by atoms with Gasteiger partial charge in [-0.05, 0) is 29.8 Å². The summed E-state index contributed by atoms with van der Waals surface area (Å²) in [5.74, 6) is 0.501. The molecule has 94 valence electrons. The summed E-state index contributed by atoms with van der Waals surface area (Å²) in [6.45, 7) is -0.0256. The molecule has 0 fully saturated rings. The van der Waals surface area contributed by atoms with Gasteiger partial charge in [-0.1, -0.05) is 23.7 Å². The van der Waals surface area contributed by atoms with Gasteiger partial charge >= 0.3 is 0 Å². The molecule has 0 atom stereocenters. The van der Waals surface area contributed by atoms with Gasteiger partial charge in [-0.15, -0.1) is 11.3 Å². The van der Waals surface area contributed by atoms with Crippen molar-refractivity contribution in [3.63, 3.8) is 0 Å². The van der Waals surface area contributed by atoms with E-state index in [1.54, 1.807) is 36.4 Å². The number of carbonyl (C=O) groups is 1. The summed E-state index contributed by atoms with van der Waals surface area (Å²) in [6.07, 6.45) is 0. The van der Waals surface area contributed by atoms with Gasteiger partial charge in [-0.3, -0.25) is 4.79 Å². The average molecular weight is 283 g/mol. The molecular weight excluding hydrogens is 272 g/mol. The zero-order valence-corrected chi connectivity index (χ0v) is 11.0. The summed E-state index contributed by atoms with van der Waals surface area (Å²) in [7, 11) is 0. The summed E-state index contributed by atoms with van der Waals surface area (Å²) in [5.41, 5.74) is 0.804. The smallest absolute Gasteiger partial charge is 0.210 e. The number of ether oxygens (including phenoxy) is 1. The highest BCUT2D eigenvalue weighted by Crippen LogP contribution is 2.22. The van der Waals surface area contributed by atoms with Crippen molar-refractivity contribution in [1.82, 2.24) is 0 Å². The standard InChI is InChI=1S/C13H11ClO3S/c14-13-6-5-12(18-13)11(16)8-17-10-3-1-9(7-15)2-4-10/h1-6,15H,7-8H2. The van der Waals surface area contributed by atoms with E-state index in [1.165, 1.54) is 11.3 Å². The Morgan fingerprint density at radius 2 is 1.94 bits per heavy atom. The number of Topliss-reactive ketones (excluding diaryl/α,β-unsaturated/α-hetero) is 1. The molecule has 0 aliphatic heterocycles. The fourth-order valence-corrected chi connectivity index (χ4v) is 2.34. The van der Waals surface area contributed by atoms with Gasteiger partial charge in [-0.2, -0.15) is 0 Å². The fraction of sp³-hybridized carbons (Fsp3) is 0.154. The molecule has 0 saturated heterocycles. The number of hydrogen-bond acceptors (Lipinski definition) is 4. The maximum atomic E-state index is 11.7. The molecule has 2 rings (SSSR count). The van der Waals surface area contributed by atoms with Crippen LogP contribution in [0.15, 0.2) is 36.4 Å². The molecule has 0 amide bonds. The Labute approximate surface area is 114 Å². The van der Waals surface area contributed by atoms with Crippen molar-refractivity contribution in [1.29, 1.82) is 0 Å². The highest BCUT2D eigenvalue weighted by atomic mass is 35.5. The summed E-state index contributed by atoms with van der Waals surface area (Å²) in [5, 5.41) is 8.89. The van der Waals surface area contributed by atoms with E-state index in [4.69, 9.17) is 21.4 Å². The van der Waals surface area contributed by atoms with Gasteiger partial charge in [0.15, 0.2) is 6.61 Å². The normalized spacial score (nSPS) is 10.3. The molecule has 1 heterocycles. The minimum absolute atomic E-state index is 0.00704. The van der Waals surface area contributed by atoms with Crippen LogP contribution in [-0.4, -0.2) is 17.5 Å². The number of aliphatic hydroxyl groups is 1. The van der Waals surface area contributed by atoms with Crippen LogP contribution in [0.1, 0.15) is 15.2 Å². The van der Waals surface area contributed by atoms with E-state index < -0.39 is 0 Å². The molecule has 0 radical (unpaired) electrons. The molecule has 1 aromatic heterocycles. The molecule has 1 aromatic carbocycles. The summed E-state index contributed by atoms with van der Waals surface area (Å²) < 4.78 is 5.95. The van der Waals surface area contributed by atoms with Crippen molar-refractivity contribution in [2.75, 3.05) is 6.61 Å². The second-order valence-electron chi connectivity index (χ2n) is 3.62. The monoisotopic (exact) mass is 282 g/mol. The van der Waals surface area contributed by atoms with Crippen LogP contribution in [0.2, 0.25) is 4.34 Å². The Hall–Kier alpha value is -1.36. The Bertz CT molecular complexity index is 533. The lowest BCUT2D eigenvalue weighted by Gasteiger charge is -2.05. The number of hydrogen-bond donors (Lipinski definition) is 1. The van der Waals surface area contributed by atoms with Gasteiger partial charge < -0.3 is 9.84 Å². The lowest BCUT2D eigenvalue weighted by molar-refractivity contribution is 0.0925. The Balaban J connectivity index is 1.92. The maximum Gasteiger partial charge on any atom is 0.210 e. The molecule has 1 N–H and O–H groups in total. The molecule has 0 bridgehead atoms. The summed E-state index contributed by atoms with van der Waals surface area (Å²) in [4.78, 5) is 12.3. The van der Waals surface area contributed by atoms with Gasteiger partial charge in [0.05, 0.1) is 15.8 Å². The van der Waals surface area contributed by atoms with E-state index in [9.17, 15) is 4.79 Å². The molecule has 0 aliphatic rings. The molecule has 0 unspecified atom stereocenters. The number of ketones is 1. The van der Waals surface area contributed by atoms with Crippen LogP contribution in [-0.2, 0) is 6.61 Å². The van der Waals surface area contributed by atoms with Crippen molar-refractivity contribution < 1.29 is 14.6 Å². The van der Waals surface area contributed by atoms with Crippen LogP contribution < -0.4 is 4.74 Å². The van der Waals surface area contributed by atoms with Crippen LogP contribution in [0.3, 0.4) is 0 Å². The van der Waals surface area contributed by atoms with Crippen LogP contribution >= 0.6 is 22.9 Å². The van der Waals surface area contributed by atoms with E-state index in [-0.39, 0.29) is 19.0 Å². The second kappa shape index (κ2) is 6.00. The number of halogens is 1. The molecule has 0 spiro atoms. The highest BCUT2D eigenvalue weighted by molar-refractivity contribution is 7.18. The van der Waals surface area contributed by atoms with Gasteiger partial charge in [-0.25, -0.2) is 0 Å². The Morgan fingerprint density at radius 1 is 1.22 bits per heavy atom. The van der Waals surface area contributed by atoms with E-state index in [2.05, 4.69) is 0 Å². The van der Waals surface area contributed by atoms with Gasteiger partial charge in [0, 0.05) is 0 Å². The van der Waals surface area contributed by atoms with E-state index in [0.29, 0.717) is 15.0 Å². The fourth-order valence-electron chi connectivity index (χ4n) is 1.38. The first-order valence-electron chi connectivity index (χ1n) is 5.30. The molecule has 5 heteroatoms. The molecule has 18 heavy (non-hydrogen) atoms. The first-order chi connectivity index (χ1) is 8.69. The van der Waals surface area contributed by atoms with Crippen molar-refractivity contribution in [3.8, 4) is 5.75 Å². The number of benzene rings is 1. The highest BCUT2D eigenvalue weighted by Gasteiger charge is 2.09. The second-order valence-corrected chi connectivity index (χ2v) is 5.33. The Morgan fingerprint density at radius 3 is 2.50 bits per heavy atom. The molecule has 0 aliphatic carbocycles. The van der Waals surface area contributed by atoms with Gasteiger partial charge in [0.1, 0.15) is 5.75 Å². The zero-order chi connectivity index (χ0) is 13.0. The van der Waals surface area contributed by atoms with Crippen LogP contribution in [0.5, 0.6) is 5.75 Å². The number of carbonyl (C=O) groups excluding carboxylic acids is 1. The van der Waals surface area contributed by atoms with Gasteiger partial charge in [0.2, 0.25) is 5.78 Å². The van der Waals surface area contributed by atoms with Crippen LogP contribution in [0, 0.1) is 0 Å². The van der Waals surface area contributed by atoms with E-state index in [1.807, 2.05) is 0 Å². The maximum absolute atomic E-state index is 11.7. The summed E-state index contributed by atoms with van der Waals surface area (Å²) in [6, 6.07) is 10.3. The van der Waals surface area contributed by atoms with Crippen molar-refractivity contribution in [2.45, 2.75) is 6.61 Å². The molecule has 0 saturated carbocycles. The van der Waals surface area contributed by atoms with Crippen LogP contribution in [0.4, 0.5) is 0 Å². The quantitative estimate of drug-likeness (QED) is 0.857. The van der Waals surface area contributed by atoms with Crippen molar-refractivity contribution >= 4 is 28.7 Å². The van der Waals surface area contributed by atoms with E-state index >= 15 is 0 Å². The third-order valence-corrected chi connectivity index (χ3v) is 3.60. The SMILES string of the molecule is O=C(COc1ccc(CO)cc1)c1ccc(Cl)s1. The lowest BCUT2D eigenvalue weighted by Crippen LogP contribution is -2.09. The molecule has 3 nitrogen and oxygen atoms in total. The number of thiophene rings is 1. The predicted octanol–water partition coefficient (Wildman–Crippen LogP) is 3.16. The Kier molecular flexibility index (Phi) is 4.36. The third-order valence-electron chi connectivity index (χ3n) is 2.32. The third kappa shape index (κ3) is 3.32. The first-order valence-corrected chi connectivity index (χ1v) is 6.49. The van der Waals surface area contributed by atoms with Crippen molar-refractivity contribution in [3.05, 3.63) is 51.2 Å². The number of rotatable bonds is 5. The largest absolute Gasteiger partial charge is 0.485 e. The predicted molar refractivity (Wildman–Crippen MR) is 71.5 cm³/mol. The zero-order valence-electron chi connectivity index (χ0n) is 9.43. The first kappa shape index (κ1) is 13.1. The molecular formula is C13H11ClO3S. The molecule has 2 aromatic rings. The van der Waals surface area contributed by atoms with E-state index in [0.717, 1.165) is 5.56 Å². The summed E-state index contributed by atoms with van der Waals surface area (Å²) >= 11 is 7.00. The minimum Gasteiger partial charge on any atom is -0.485 e.